The van der Waals surface area contributed by atoms with Gasteiger partial charge >= 0.3 is 6.09 Å². The molecule has 2 fully saturated rings. The van der Waals surface area contributed by atoms with Crippen LogP contribution in [0.4, 0.5) is 9.18 Å². The van der Waals surface area contributed by atoms with Crippen LogP contribution >= 0.6 is 0 Å². The van der Waals surface area contributed by atoms with Crippen LogP contribution in [-0.4, -0.2) is 46.5 Å². The summed E-state index contributed by atoms with van der Waals surface area (Å²) in [7, 11) is 1.54. The third-order valence-electron chi connectivity index (χ3n) is 5.46. The van der Waals surface area contributed by atoms with Gasteiger partial charge in [-0.3, -0.25) is 0 Å². The number of ether oxygens (including phenoxy) is 2. The fourth-order valence-corrected chi connectivity index (χ4v) is 4.52. The fourth-order valence-electron chi connectivity index (χ4n) is 4.52. The van der Waals surface area contributed by atoms with Crippen LogP contribution in [0.2, 0.25) is 0 Å². The number of rotatable bonds is 3. The lowest BCUT2D eigenvalue weighted by atomic mass is 9.73. The summed E-state index contributed by atoms with van der Waals surface area (Å²) in [6, 6.07) is 4.25. The number of methoxy groups -OCH3 is 1. The van der Waals surface area contributed by atoms with Crippen molar-refractivity contribution < 1.29 is 23.8 Å². The second kappa shape index (κ2) is 7.30. The van der Waals surface area contributed by atoms with Gasteiger partial charge in [0.1, 0.15) is 17.2 Å². The minimum Gasteiger partial charge on any atom is -0.496 e. The van der Waals surface area contributed by atoms with Crippen LogP contribution in [0.25, 0.3) is 0 Å². The lowest BCUT2D eigenvalue weighted by molar-refractivity contribution is -0.0921. The van der Waals surface area contributed by atoms with Crippen LogP contribution in [0.3, 0.4) is 0 Å². The van der Waals surface area contributed by atoms with Crippen molar-refractivity contribution in [1.29, 1.82) is 0 Å². The molecule has 2 atom stereocenters. The number of piperidine rings is 2. The molecule has 0 spiro atoms. The van der Waals surface area contributed by atoms with Crippen molar-refractivity contribution in [2.75, 3.05) is 7.11 Å². The molecule has 0 radical (unpaired) electrons. The maximum Gasteiger partial charge on any atom is 0.410 e. The van der Waals surface area contributed by atoms with E-state index < -0.39 is 11.2 Å². The maximum absolute atomic E-state index is 13.7. The summed E-state index contributed by atoms with van der Waals surface area (Å²) in [6.45, 7) is 5.57. The van der Waals surface area contributed by atoms with Gasteiger partial charge in [-0.15, -0.1) is 0 Å². The third kappa shape index (κ3) is 4.54. The highest BCUT2D eigenvalue weighted by Gasteiger charge is 2.48. The van der Waals surface area contributed by atoms with E-state index in [0.29, 0.717) is 30.6 Å². The quantitative estimate of drug-likeness (QED) is 0.860. The molecule has 2 saturated heterocycles. The predicted octanol–water partition coefficient (Wildman–Crippen LogP) is 4.06. The highest BCUT2D eigenvalue weighted by atomic mass is 19.1. The summed E-state index contributed by atoms with van der Waals surface area (Å²) in [5.74, 6) is 0.227. The van der Waals surface area contributed by atoms with Gasteiger partial charge in [-0.2, -0.15) is 0 Å². The molecular weight excluding hydrogens is 349 g/mol. The predicted molar refractivity (Wildman–Crippen MR) is 100 cm³/mol. The smallest absolute Gasteiger partial charge is 0.410 e. The van der Waals surface area contributed by atoms with Crippen LogP contribution in [0.5, 0.6) is 5.75 Å². The van der Waals surface area contributed by atoms with Gasteiger partial charge in [-0.25, -0.2) is 9.18 Å². The lowest BCUT2D eigenvalue weighted by Gasteiger charge is -2.51. The molecule has 1 aromatic rings. The highest BCUT2D eigenvalue weighted by molar-refractivity contribution is 5.69. The molecule has 150 valence electrons. The molecule has 0 aliphatic carbocycles. The Morgan fingerprint density at radius 1 is 1.30 bits per heavy atom. The van der Waals surface area contributed by atoms with Crippen LogP contribution in [0, 0.1) is 5.82 Å². The molecule has 2 unspecified atom stereocenters. The van der Waals surface area contributed by atoms with Gasteiger partial charge < -0.3 is 19.5 Å². The largest absolute Gasteiger partial charge is 0.496 e. The van der Waals surface area contributed by atoms with Gasteiger partial charge in [0.15, 0.2) is 0 Å². The molecule has 2 bridgehead atoms. The number of nitrogens with zero attached hydrogens (tertiary/aromatic N) is 1. The van der Waals surface area contributed by atoms with E-state index in [2.05, 4.69) is 0 Å². The average Bonchev–Trinajstić information content (AvgIpc) is 2.52. The molecule has 5 nitrogen and oxygen atoms in total. The van der Waals surface area contributed by atoms with Crippen molar-refractivity contribution in [3.63, 3.8) is 0 Å². The van der Waals surface area contributed by atoms with Gasteiger partial charge in [0.25, 0.3) is 0 Å². The number of carbonyl (C=O) groups excluding carboxylic acids is 1. The van der Waals surface area contributed by atoms with Crippen LogP contribution in [0.15, 0.2) is 18.2 Å². The van der Waals surface area contributed by atoms with E-state index >= 15 is 0 Å². The Hall–Kier alpha value is -1.82. The van der Waals surface area contributed by atoms with Crippen LogP contribution < -0.4 is 4.74 Å². The summed E-state index contributed by atoms with van der Waals surface area (Å²) in [6.07, 6.45) is 3.65. The van der Waals surface area contributed by atoms with Gasteiger partial charge in [-0.1, -0.05) is 0 Å². The van der Waals surface area contributed by atoms with Crippen LogP contribution in [-0.2, 0) is 11.2 Å². The Morgan fingerprint density at radius 2 is 1.93 bits per heavy atom. The van der Waals surface area contributed by atoms with E-state index in [1.807, 2.05) is 25.7 Å². The van der Waals surface area contributed by atoms with Crippen molar-refractivity contribution in [2.24, 2.45) is 0 Å². The molecule has 2 aliphatic rings. The monoisotopic (exact) mass is 379 g/mol. The number of benzene rings is 1. The second-order valence-corrected chi connectivity index (χ2v) is 8.89. The Labute approximate surface area is 160 Å². The normalized spacial score (nSPS) is 28.0. The van der Waals surface area contributed by atoms with Crippen LogP contribution in [0.1, 0.15) is 58.4 Å². The summed E-state index contributed by atoms with van der Waals surface area (Å²) >= 11 is 0. The van der Waals surface area contributed by atoms with E-state index in [-0.39, 0.29) is 24.0 Å². The summed E-state index contributed by atoms with van der Waals surface area (Å²) < 4.78 is 24.6. The first kappa shape index (κ1) is 19.9. The van der Waals surface area contributed by atoms with Gasteiger partial charge in [0.2, 0.25) is 0 Å². The molecular formula is C21H30FNO4. The number of carbonyl (C=O) groups is 1. The molecule has 0 aromatic heterocycles. The zero-order valence-electron chi connectivity index (χ0n) is 16.6. The molecule has 2 aliphatic heterocycles. The van der Waals surface area contributed by atoms with Crippen molar-refractivity contribution in [1.82, 2.24) is 4.90 Å². The zero-order chi connectivity index (χ0) is 19.8. The van der Waals surface area contributed by atoms with E-state index in [1.165, 1.54) is 12.1 Å². The Kier molecular flexibility index (Phi) is 5.39. The molecule has 27 heavy (non-hydrogen) atoms. The Morgan fingerprint density at radius 3 is 2.48 bits per heavy atom. The Balaban J connectivity index is 1.79. The fraction of sp³-hybridized carbons (Fsp3) is 0.667. The first-order chi connectivity index (χ1) is 12.6. The standard InChI is InChI=1S/C21H30FNO4/c1-20(2,3)27-19(24)23-16-6-5-7-17(23)13-21(25,12-16)11-14-10-15(22)8-9-18(14)26-4/h8-10,16-17,25H,5-7,11-13H2,1-4H3. The molecule has 1 N–H and O–H groups in total. The number of hydrogen-bond acceptors (Lipinski definition) is 4. The minimum absolute atomic E-state index is 0.0584. The number of hydrogen-bond donors (Lipinski definition) is 1. The molecule has 1 aromatic carbocycles. The average molecular weight is 379 g/mol. The first-order valence-corrected chi connectivity index (χ1v) is 9.66. The highest BCUT2D eigenvalue weighted by Crippen LogP contribution is 2.42. The van der Waals surface area contributed by atoms with Gasteiger partial charge in [-0.05, 0) is 76.6 Å². The molecule has 0 saturated carbocycles. The summed E-state index contributed by atoms with van der Waals surface area (Å²) in [5, 5.41) is 11.3. The summed E-state index contributed by atoms with van der Waals surface area (Å²) in [4.78, 5) is 14.5. The van der Waals surface area contributed by atoms with Crippen molar-refractivity contribution in [2.45, 2.75) is 82.6 Å². The maximum atomic E-state index is 13.7. The number of halogens is 1. The van der Waals surface area contributed by atoms with E-state index in [0.717, 1.165) is 19.3 Å². The summed E-state index contributed by atoms with van der Waals surface area (Å²) in [5.41, 5.74) is -0.882. The molecule has 2 heterocycles. The number of amides is 1. The first-order valence-electron chi connectivity index (χ1n) is 9.66. The van der Waals surface area contributed by atoms with E-state index in [9.17, 15) is 14.3 Å². The SMILES string of the molecule is COc1ccc(F)cc1CC1(O)CC2CCCC(C1)N2C(=O)OC(C)(C)C. The van der Waals surface area contributed by atoms with Gasteiger partial charge in [0, 0.05) is 18.5 Å². The second-order valence-electron chi connectivity index (χ2n) is 8.89. The van der Waals surface area contributed by atoms with Crippen molar-refractivity contribution >= 4 is 6.09 Å². The molecule has 6 heteroatoms. The third-order valence-corrected chi connectivity index (χ3v) is 5.46. The minimum atomic E-state index is -0.991. The van der Waals surface area contributed by atoms with Gasteiger partial charge in [0.05, 0.1) is 12.7 Å². The van der Waals surface area contributed by atoms with Crippen molar-refractivity contribution in [3.8, 4) is 5.75 Å². The lowest BCUT2D eigenvalue weighted by Crippen LogP contribution is -2.61. The molecule has 1 amide bonds. The number of aliphatic hydroxyl groups is 1. The number of fused-ring (bicyclic) bond motifs is 2. The van der Waals surface area contributed by atoms with E-state index in [4.69, 9.17) is 9.47 Å². The van der Waals surface area contributed by atoms with E-state index in [1.54, 1.807) is 13.2 Å². The van der Waals surface area contributed by atoms with Crippen molar-refractivity contribution in [3.05, 3.63) is 29.6 Å². The topological polar surface area (TPSA) is 59.0 Å². The Bertz CT molecular complexity index is 686. The zero-order valence-corrected chi connectivity index (χ0v) is 16.6. The molecule has 3 rings (SSSR count).